The first-order chi connectivity index (χ1) is 15.7. The zero-order valence-electron chi connectivity index (χ0n) is 19.0. The molecule has 1 aromatic carbocycles. The molecule has 13 heteroatoms. The Balaban J connectivity index is 1.93. The summed E-state index contributed by atoms with van der Waals surface area (Å²) >= 11 is 0. The topological polar surface area (TPSA) is 148 Å². The highest BCUT2D eigenvalue weighted by molar-refractivity contribution is 7.92. The summed E-state index contributed by atoms with van der Waals surface area (Å²) in [6.07, 6.45) is 3.20. The Bertz CT molecular complexity index is 1700. The normalized spacial score (nSPS) is 17.1. The van der Waals surface area contributed by atoms with Gasteiger partial charge in [-0.3, -0.25) is 23.5 Å². The van der Waals surface area contributed by atoms with Crippen LogP contribution in [0, 0.1) is 5.41 Å². The molecule has 0 radical (unpaired) electrons. The number of aromatic nitrogens is 2. The van der Waals surface area contributed by atoms with Crippen molar-refractivity contribution in [2.45, 2.75) is 38.6 Å². The van der Waals surface area contributed by atoms with E-state index in [0.29, 0.717) is 13.0 Å². The molecule has 0 spiro atoms. The van der Waals surface area contributed by atoms with Crippen LogP contribution < -0.4 is 31.0 Å². The van der Waals surface area contributed by atoms with Gasteiger partial charge in [-0.15, -0.1) is 0 Å². The van der Waals surface area contributed by atoms with Crippen molar-refractivity contribution in [2.75, 3.05) is 16.3 Å². The smallest absolute Gasteiger partial charge is 0.280 e. The molecule has 3 aromatic rings. The molecule has 4 rings (SSSR count). The first-order valence-corrected chi connectivity index (χ1v) is 13.7. The lowest BCUT2D eigenvalue weighted by Crippen LogP contribution is -2.53. The fraction of sp³-hybridized carbons (Fsp3) is 0.333. The van der Waals surface area contributed by atoms with Crippen molar-refractivity contribution in [2.24, 2.45) is 5.41 Å². The fourth-order valence-electron chi connectivity index (χ4n) is 3.67. The van der Waals surface area contributed by atoms with Crippen LogP contribution in [-0.4, -0.2) is 32.3 Å². The van der Waals surface area contributed by atoms with E-state index < -0.39 is 31.0 Å². The maximum absolute atomic E-state index is 13.4. The van der Waals surface area contributed by atoms with Crippen LogP contribution in [0.1, 0.15) is 27.2 Å². The first kappa shape index (κ1) is 23.8. The number of hydrogen-bond donors (Lipinski definition) is 3. The van der Waals surface area contributed by atoms with Crippen LogP contribution in [0.15, 0.2) is 51.0 Å². The van der Waals surface area contributed by atoms with Gasteiger partial charge in [-0.2, -0.15) is 0 Å². The van der Waals surface area contributed by atoms with E-state index in [1.165, 1.54) is 21.3 Å². The third-order valence-corrected chi connectivity index (χ3v) is 7.29. The maximum Gasteiger partial charge on any atom is 0.280 e. The fourth-order valence-corrected chi connectivity index (χ4v) is 5.45. The monoisotopic (exact) mass is 507 g/mol. The number of nitrogens with zero attached hydrogens (tertiary/aromatic N) is 2. The summed E-state index contributed by atoms with van der Waals surface area (Å²) in [4.78, 5) is 26.4. The molecule has 0 amide bonds. The molecule has 0 unspecified atom stereocenters. The van der Waals surface area contributed by atoms with E-state index in [9.17, 15) is 26.4 Å². The summed E-state index contributed by atoms with van der Waals surface area (Å²) in [6, 6.07) is 7.09. The second-order valence-corrected chi connectivity index (χ2v) is 12.8. The van der Waals surface area contributed by atoms with Gasteiger partial charge in [-0.05, 0) is 42.2 Å². The zero-order valence-corrected chi connectivity index (χ0v) is 20.7. The molecule has 1 aliphatic heterocycles. The molecule has 11 nitrogen and oxygen atoms in total. The molecule has 0 bridgehead atoms. The number of hydrogen-bond acceptors (Lipinski definition) is 7. The summed E-state index contributed by atoms with van der Waals surface area (Å²) in [5.41, 5.74) is -0.948. The lowest BCUT2D eigenvalue weighted by Gasteiger charge is -2.23. The van der Waals surface area contributed by atoms with Gasteiger partial charge in [0.15, 0.2) is 0 Å². The van der Waals surface area contributed by atoms with Gasteiger partial charge < -0.3 is 5.32 Å². The van der Waals surface area contributed by atoms with Crippen molar-refractivity contribution in [1.29, 1.82) is 0 Å². The quantitative estimate of drug-likeness (QED) is 0.465. The largest absolute Gasteiger partial charge is 0.339 e. The molecule has 0 atom stereocenters. The van der Waals surface area contributed by atoms with E-state index in [2.05, 4.69) is 14.8 Å². The Hall–Kier alpha value is -3.32. The van der Waals surface area contributed by atoms with Gasteiger partial charge in [0.05, 0.1) is 11.9 Å². The zero-order chi connectivity index (χ0) is 25.1. The standard InChI is InChI=1S/C21H25N5O6S2/c1-21(2,3)9-11-26-20(28)17(18(27)15-6-5-10-25(15)26)19-22-14-8-7-13(23-33(4,29)30)12-16(14)34(31,32)24-19/h5-8,10,12,22-24H,9,11H2,1-4H3/b19-17+. The number of nitrogens with one attached hydrogen (secondary N) is 3. The molecule has 182 valence electrons. The van der Waals surface area contributed by atoms with E-state index in [1.54, 1.807) is 18.3 Å². The predicted molar refractivity (Wildman–Crippen MR) is 129 cm³/mol. The third-order valence-electron chi connectivity index (χ3n) is 5.29. The van der Waals surface area contributed by atoms with Gasteiger partial charge in [0.1, 0.15) is 21.5 Å². The van der Waals surface area contributed by atoms with Crippen molar-refractivity contribution in [3.63, 3.8) is 0 Å². The summed E-state index contributed by atoms with van der Waals surface area (Å²) in [5.74, 6) is -0.250. The number of fused-ring (bicyclic) bond motifs is 2. The molecular weight excluding hydrogens is 482 g/mol. The average Bonchev–Trinajstić information content (AvgIpc) is 3.16. The predicted octanol–water partition coefficient (Wildman–Crippen LogP) is 0.458. The lowest BCUT2D eigenvalue weighted by atomic mass is 9.92. The summed E-state index contributed by atoms with van der Waals surface area (Å²) < 4.78 is 56.4. The highest BCUT2D eigenvalue weighted by Gasteiger charge is 2.28. The number of benzene rings is 1. The molecule has 2 aromatic heterocycles. The van der Waals surface area contributed by atoms with Crippen molar-refractivity contribution in [1.82, 2.24) is 13.9 Å². The summed E-state index contributed by atoms with van der Waals surface area (Å²) in [5, 5.41) is 2.50. The molecular formula is C21H25N5O6S2. The van der Waals surface area contributed by atoms with Gasteiger partial charge >= 0.3 is 0 Å². The third kappa shape index (κ3) is 4.53. The minimum Gasteiger partial charge on any atom is -0.339 e. The average molecular weight is 508 g/mol. The Labute approximate surface area is 196 Å². The molecule has 0 aliphatic carbocycles. The molecule has 3 heterocycles. The summed E-state index contributed by atoms with van der Waals surface area (Å²) in [7, 11) is -7.84. The number of rotatable bonds is 4. The Morgan fingerprint density at radius 2 is 1.82 bits per heavy atom. The second-order valence-electron chi connectivity index (χ2n) is 9.37. The van der Waals surface area contributed by atoms with Crippen molar-refractivity contribution in [3.05, 3.63) is 62.3 Å². The van der Waals surface area contributed by atoms with Crippen LogP contribution in [0.3, 0.4) is 0 Å². The molecule has 1 aliphatic rings. The van der Waals surface area contributed by atoms with Crippen LogP contribution in [-0.2, 0) is 26.6 Å². The lowest BCUT2D eigenvalue weighted by molar-refractivity contribution is 0.331. The van der Waals surface area contributed by atoms with E-state index in [4.69, 9.17) is 0 Å². The molecule has 3 N–H and O–H groups in total. The minimum absolute atomic E-state index is 0.0560. The van der Waals surface area contributed by atoms with Crippen molar-refractivity contribution >= 4 is 42.8 Å². The highest BCUT2D eigenvalue weighted by Crippen LogP contribution is 2.30. The van der Waals surface area contributed by atoms with Crippen LogP contribution in [0.4, 0.5) is 11.4 Å². The van der Waals surface area contributed by atoms with Gasteiger partial charge in [0, 0.05) is 18.4 Å². The number of aryl methyl sites for hydroxylation is 1. The van der Waals surface area contributed by atoms with E-state index in [1.807, 2.05) is 20.8 Å². The SMILES string of the molecule is CC(C)(C)CCn1c(=O)/c(=C2\Nc3ccc(NS(C)(=O)=O)cc3S(=O)(=O)N2)c(=O)c2cccn21. The number of sulfonamides is 2. The Morgan fingerprint density at radius 1 is 1.12 bits per heavy atom. The number of anilines is 2. The Morgan fingerprint density at radius 3 is 2.47 bits per heavy atom. The van der Waals surface area contributed by atoms with E-state index in [0.717, 1.165) is 12.3 Å². The van der Waals surface area contributed by atoms with Crippen LogP contribution in [0.25, 0.3) is 11.3 Å². The van der Waals surface area contributed by atoms with Crippen LogP contribution >= 0.6 is 0 Å². The molecule has 34 heavy (non-hydrogen) atoms. The van der Waals surface area contributed by atoms with Crippen LogP contribution in [0.2, 0.25) is 0 Å². The molecule has 0 fully saturated rings. The van der Waals surface area contributed by atoms with Gasteiger partial charge in [0.25, 0.3) is 15.6 Å². The minimum atomic E-state index is -4.22. The maximum atomic E-state index is 13.4. The van der Waals surface area contributed by atoms with E-state index in [-0.39, 0.29) is 38.2 Å². The van der Waals surface area contributed by atoms with Crippen molar-refractivity contribution < 1.29 is 16.8 Å². The van der Waals surface area contributed by atoms with Gasteiger partial charge in [-0.25, -0.2) is 21.5 Å². The van der Waals surface area contributed by atoms with Gasteiger partial charge in [0.2, 0.25) is 15.5 Å². The van der Waals surface area contributed by atoms with Crippen molar-refractivity contribution in [3.8, 4) is 0 Å². The van der Waals surface area contributed by atoms with E-state index >= 15 is 0 Å². The summed E-state index contributed by atoms with van der Waals surface area (Å²) in [6.45, 7) is 6.41. The van der Waals surface area contributed by atoms with Crippen LogP contribution in [0.5, 0.6) is 0 Å². The first-order valence-electron chi connectivity index (χ1n) is 10.4. The highest BCUT2D eigenvalue weighted by atomic mass is 32.2. The second kappa shape index (κ2) is 7.87. The molecule has 0 saturated carbocycles. The Kier molecular flexibility index (Phi) is 5.52. The molecule has 0 saturated heterocycles. The van der Waals surface area contributed by atoms with Gasteiger partial charge in [-0.1, -0.05) is 20.8 Å².